The average Bonchev–Trinajstić information content (AvgIpc) is 3.41. The van der Waals surface area contributed by atoms with Gasteiger partial charge in [0.25, 0.3) is 0 Å². The Morgan fingerprint density at radius 2 is 1.72 bits per heavy atom. The molecule has 0 saturated carbocycles. The largest absolute Gasteiger partial charge is 0.469 e. The zero-order valence-corrected chi connectivity index (χ0v) is 17.0. The fourth-order valence-electron chi connectivity index (χ4n) is 3.71. The molecular formula is C23H24ClN3O2. The smallest absolute Gasteiger partial charge is 0.105 e. The quantitative estimate of drug-likeness (QED) is 0.452. The van der Waals surface area contributed by atoms with Crippen LogP contribution in [0.3, 0.4) is 0 Å². The molecule has 1 aliphatic rings. The predicted octanol–water partition coefficient (Wildman–Crippen LogP) is 5.15. The maximum absolute atomic E-state index is 5.94. The molecule has 150 valence electrons. The minimum atomic E-state index is 0.222. The lowest BCUT2D eigenvalue weighted by Gasteiger charge is -2.36. The van der Waals surface area contributed by atoms with Gasteiger partial charge in [-0.25, -0.2) is 0 Å². The molecule has 1 fully saturated rings. The number of nitrogens with one attached hydrogen (secondary N) is 1. The summed E-state index contributed by atoms with van der Waals surface area (Å²) >= 11 is 5.94. The van der Waals surface area contributed by atoms with E-state index in [0.717, 1.165) is 42.1 Å². The zero-order valence-electron chi connectivity index (χ0n) is 16.3. The summed E-state index contributed by atoms with van der Waals surface area (Å²) in [6.07, 6.45) is 7.65. The van der Waals surface area contributed by atoms with Crippen LogP contribution in [0.5, 0.6) is 0 Å². The topological polar surface area (TPSA) is 63.0 Å². The maximum atomic E-state index is 5.94. The number of nitrogens with zero attached hydrogens (tertiary/aromatic N) is 2. The number of hydrogen-bond acceptors (Lipinski definition) is 5. The first-order valence-electron chi connectivity index (χ1n) is 9.83. The molecule has 0 bridgehead atoms. The van der Waals surface area contributed by atoms with E-state index < -0.39 is 0 Å². The van der Waals surface area contributed by atoms with Gasteiger partial charge in [0.2, 0.25) is 0 Å². The molecular weight excluding hydrogens is 386 g/mol. The first-order valence-corrected chi connectivity index (χ1v) is 10.2. The third-order valence-corrected chi connectivity index (χ3v) is 5.58. The number of benzene rings is 1. The molecule has 1 aliphatic heterocycles. The van der Waals surface area contributed by atoms with Gasteiger partial charge in [0.1, 0.15) is 11.5 Å². The summed E-state index contributed by atoms with van der Waals surface area (Å²) in [5.74, 6) is 2.19. The van der Waals surface area contributed by atoms with E-state index in [-0.39, 0.29) is 18.0 Å². The molecule has 2 aromatic heterocycles. The summed E-state index contributed by atoms with van der Waals surface area (Å²) < 4.78 is 11.1. The molecule has 4 rings (SSSR count). The minimum absolute atomic E-state index is 0.222. The number of halogens is 1. The maximum Gasteiger partial charge on any atom is 0.105 e. The number of rotatable bonds is 6. The monoisotopic (exact) mass is 409 g/mol. The van der Waals surface area contributed by atoms with Crippen LogP contribution in [0.2, 0.25) is 5.02 Å². The molecule has 5 nitrogen and oxygen atoms in total. The summed E-state index contributed by atoms with van der Waals surface area (Å²) in [6, 6.07) is 15.9. The van der Waals surface area contributed by atoms with Crippen LogP contribution >= 0.6 is 11.6 Å². The Kier molecular flexibility index (Phi) is 6.27. The van der Waals surface area contributed by atoms with Gasteiger partial charge in [-0.2, -0.15) is 10.2 Å². The Hall–Kier alpha value is -2.63. The van der Waals surface area contributed by atoms with Crippen LogP contribution in [0.15, 0.2) is 80.1 Å². The summed E-state index contributed by atoms with van der Waals surface area (Å²) in [7, 11) is 0. The molecule has 29 heavy (non-hydrogen) atoms. The van der Waals surface area contributed by atoms with Gasteiger partial charge in [-0.15, -0.1) is 0 Å². The van der Waals surface area contributed by atoms with Crippen molar-refractivity contribution in [1.82, 2.24) is 5.32 Å². The van der Waals surface area contributed by atoms with Crippen molar-refractivity contribution in [3.05, 3.63) is 83.2 Å². The molecule has 0 radical (unpaired) electrons. The molecule has 3 unspecified atom stereocenters. The van der Waals surface area contributed by atoms with E-state index in [1.807, 2.05) is 48.5 Å². The van der Waals surface area contributed by atoms with E-state index in [1.165, 1.54) is 0 Å². The molecule has 3 atom stereocenters. The Balaban J connectivity index is 1.51. The third kappa shape index (κ3) is 5.25. The summed E-state index contributed by atoms with van der Waals surface area (Å²) in [4.78, 5) is 0. The van der Waals surface area contributed by atoms with Gasteiger partial charge in [0.05, 0.1) is 18.7 Å². The van der Waals surface area contributed by atoms with Crippen LogP contribution in [-0.4, -0.2) is 24.0 Å². The normalized spacial score (nSPS) is 23.8. The molecule has 0 spiro atoms. The molecule has 1 aromatic carbocycles. The van der Waals surface area contributed by atoms with Gasteiger partial charge < -0.3 is 14.2 Å². The van der Waals surface area contributed by atoms with Gasteiger partial charge >= 0.3 is 0 Å². The van der Waals surface area contributed by atoms with Crippen molar-refractivity contribution < 1.29 is 8.83 Å². The molecule has 1 N–H and O–H groups in total. The number of piperidine rings is 1. The first kappa shape index (κ1) is 19.7. The Bertz CT molecular complexity index is 947. The second-order valence-corrected chi connectivity index (χ2v) is 7.85. The second-order valence-electron chi connectivity index (χ2n) is 7.42. The molecule has 6 heteroatoms. The highest BCUT2D eigenvalue weighted by atomic mass is 35.5. The van der Waals surface area contributed by atoms with E-state index in [1.54, 1.807) is 18.7 Å². The predicted molar refractivity (Wildman–Crippen MR) is 116 cm³/mol. The lowest BCUT2D eigenvalue weighted by atomic mass is 9.83. The van der Waals surface area contributed by atoms with Gasteiger partial charge in [0, 0.05) is 48.0 Å². The fraction of sp³-hybridized carbons (Fsp3) is 0.304. The minimum Gasteiger partial charge on any atom is -0.469 e. The lowest BCUT2D eigenvalue weighted by Crippen LogP contribution is -2.52. The van der Waals surface area contributed by atoms with Crippen molar-refractivity contribution in [2.24, 2.45) is 16.1 Å². The van der Waals surface area contributed by atoms with E-state index in [9.17, 15) is 0 Å². The lowest BCUT2D eigenvalue weighted by molar-refractivity contribution is 0.319. The highest BCUT2D eigenvalue weighted by molar-refractivity contribution is 6.30. The van der Waals surface area contributed by atoms with Crippen LogP contribution in [-0.2, 0) is 12.8 Å². The van der Waals surface area contributed by atoms with Gasteiger partial charge in [0.15, 0.2) is 0 Å². The van der Waals surface area contributed by atoms with Crippen molar-refractivity contribution in [3.63, 3.8) is 0 Å². The fourth-order valence-corrected chi connectivity index (χ4v) is 3.84. The Morgan fingerprint density at radius 1 is 1.03 bits per heavy atom. The molecule has 1 saturated heterocycles. The summed E-state index contributed by atoms with van der Waals surface area (Å²) in [6.45, 7) is 2.19. The van der Waals surface area contributed by atoms with Crippen LogP contribution in [0, 0.1) is 5.92 Å². The Morgan fingerprint density at radius 3 is 2.38 bits per heavy atom. The highest BCUT2D eigenvalue weighted by Crippen LogP contribution is 2.23. The molecule has 3 heterocycles. The summed E-state index contributed by atoms with van der Waals surface area (Å²) in [5, 5.41) is 13.4. The number of furan rings is 2. The molecule has 3 aromatic rings. The third-order valence-electron chi connectivity index (χ3n) is 5.33. The standard InChI is InChI=1S/C23H24ClN3O2/c1-16-22(14-21-5-3-11-29-21)26-19(12-20-4-2-10-28-20)13-23(16)27-25-15-17-6-8-18(24)9-7-17/h2-11,15-16,19,22,26H,12-14H2,1H3/b25-15-,27-23+. The first-order chi connectivity index (χ1) is 14.2. The van der Waals surface area contributed by atoms with Crippen LogP contribution in [0.25, 0.3) is 0 Å². The van der Waals surface area contributed by atoms with Crippen LogP contribution < -0.4 is 5.32 Å². The van der Waals surface area contributed by atoms with Crippen molar-refractivity contribution in [2.75, 3.05) is 0 Å². The highest BCUT2D eigenvalue weighted by Gasteiger charge is 2.33. The summed E-state index contributed by atoms with van der Waals surface area (Å²) in [5.41, 5.74) is 2.06. The molecule has 0 amide bonds. The van der Waals surface area contributed by atoms with E-state index in [0.29, 0.717) is 5.02 Å². The van der Waals surface area contributed by atoms with Gasteiger partial charge in [-0.3, -0.25) is 0 Å². The van der Waals surface area contributed by atoms with E-state index in [2.05, 4.69) is 22.4 Å². The van der Waals surface area contributed by atoms with Crippen LogP contribution in [0.1, 0.15) is 30.4 Å². The molecule has 0 aliphatic carbocycles. The van der Waals surface area contributed by atoms with E-state index in [4.69, 9.17) is 20.4 Å². The van der Waals surface area contributed by atoms with Crippen molar-refractivity contribution >= 4 is 23.5 Å². The second kappa shape index (κ2) is 9.25. The van der Waals surface area contributed by atoms with Crippen LogP contribution in [0.4, 0.5) is 0 Å². The SMILES string of the molecule is CC1/C(=N/N=C\c2ccc(Cl)cc2)CC(Cc2ccco2)NC1Cc1ccco1. The van der Waals surface area contributed by atoms with Crippen molar-refractivity contribution in [2.45, 2.75) is 38.3 Å². The number of hydrogen-bond donors (Lipinski definition) is 1. The van der Waals surface area contributed by atoms with Crippen molar-refractivity contribution in [3.8, 4) is 0 Å². The Labute approximate surface area is 175 Å². The van der Waals surface area contributed by atoms with Crippen molar-refractivity contribution in [1.29, 1.82) is 0 Å². The van der Waals surface area contributed by atoms with Gasteiger partial charge in [-0.05, 0) is 42.0 Å². The zero-order chi connectivity index (χ0) is 20.1. The average molecular weight is 410 g/mol. The van der Waals surface area contributed by atoms with E-state index >= 15 is 0 Å². The van der Waals surface area contributed by atoms with Gasteiger partial charge in [-0.1, -0.05) is 30.7 Å².